The first-order valence-electron chi connectivity index (χ1n) is 11.2. The van der Waals surface area contributed by atoms with Crippen LogP contribution in [0, 0.1) is 0 Å². The fourth-order valence-corrected chi connectivity index (χ4v) is 3.86. The maximum atomic E-state index is 13.0. The molecule has 0 bridgehead atoms. The van der Waals surface area contributed by atoms with Gasteiger partial charge < -0.3 is 14.5 Å². The molecular weight excluding hydrogens is 388 g/mol. The minimum absolute atomic E-state index is 0.0290. The van der Waals surface area contributed by atoms with Crippen LogP contribution in [0.3, 0.4) is 0 Å². The van der Waals surface area contributed by atoms with Crippen LogP contribution in [0.2, 0.25) is 0 Å². The minimum atomic E-state index is -0.0751. The van der Waals surface area contributed by atoms with Gasteiger partial charge in [0.05, 0.1) is 12.2 Å². The summed E-state index contributed by atoms with van der Waals surface area (Å²) >= 11 is 0. The van der Waals surface area contributed by atoms with Crippen molar-refractivity contribution in [3.8, 4) is 5.75 Å². The van der Waals surface area contributed by atoms with Crippen LogP contribution in [0.1, 0.15) is 68.9 Å². The lowest BCUT2D eigenvalue weighted by Crippen LogP contribution is -2.38. The molecule has 1 heterocycles. The van der Waals surface area contributed by atoms with Gasteiger partial charge in [0.25, 0.3) is 11.8 Å². The van der Waals surface area contributed by atoms with E-state index in [0.29, 0.717) is 12.1 Å². The Morgan fingerprint density at radius 3 is 2.42 bits per heavy atom. The fourth-order valence-electron chi connectivity index (χ4n) is 3.86. The second kappa shape index (κ2) is 9.54. The molecule has 0 radical (unpaired) electrons. The Bertz CT molecular complexity index is 940. The smallest absolute Gasteiger partial charge is 0.265 e. The van der Waals surface area contributed by atoms with Gasteiger partial charge in [0, 0.05) is 18.7 Å². The largest absolute Gasteiger partial charge is 0.482 e. The van der Waals surface area contributed by atoms with Gasteiger partial charge in [0.1, 0.15) is 5.75 Å². The minimum Gasteiger partial charge on any atom is -0.482 e. The summed E-state index contributed by atoms with van der Waals surface area (Å²) in [6.07, 6.45) is 1.86. The molecule has 0 unspecified atom stereocenters. The second-order valence-electron chi connectivity index (χ2n) is 9.19. The average Bonchev–Trinajstić information content (AvgIpc) is 2.74. The normalized spacial score (nSPS) is 13.6. The Kier molecular flexibility index (Phi) is 7.04. The standard InChI is InChI=1S/C26H34N2O3/c1-6-13-27(14-7-2)25(30)20-10-8-9-19(15-20)17-28-22-16-21(26(3,4)5)11-12-23(22)31-18-24(28)29/h8-12,15-16H,6-7,13-14,17-18H2,1-5H3. The highest BCUT2D eigenvalue weighted by Gasteiger charge is 2.28. The highest BCUT2D eigenvalue weighted by Crippen LogP contribution is 2.37. The van der Waals surface area contributed by atoms with Crippen molar-refractivity contribution < 1.29 is 14.3 Å². The van der Waals surface area contributed by atoms with E-state index in [0.717, 1.165) is 48.5 Å². The molecule has 0 N–H and O–H groups in total. The lowest BCUT2D eigenvalue weighted by Gasteiger charge is -2.31. The second-order valence-corrected chi connectivity index (χ2v) is 9.19. The molecule has 0 fully saturated rings. The zero-order valence-electron chi connectivity index (χ0n) is 19.4. The lowest BCUT2D eigenvalue weighted by molar-refractivity contribution is -0.121. The summed E-state index contributed by atoms with van der Waals surface area (Å²) in [5.41, 5.74) is 3.51. The summed E-state index contributed by atoms with van der Waals surface area (Å²) in [4.78, 5) is 29.4. The third kappa shape index (κ3) is 5.27. The van der Waals surface area contributed by atoms with E-state index in [1.54, 1.807) is 4.90 Å². The van der Waals surface area contributed by atoms with Gasteiger partial charge in [-0.15, -0.1) is 0 Å². The molecular formula is C26H34N2O3. The van der Waals surface area contributed by atoms with Gasteiger partial charge in [-0.25, -0.2) is 0 Å². The van der Waals surface area contributed by atoms with Gasteiger partial charge in [-0.2, -0.15) is 0 Å². The molecule has 31 heavy (non-hydrogen) atoms. The van der Waals surface area contributed by atoms with Crippen LogP contribution in [0.25, 0.3) is 0 Å². The van der Waals surface area contributed by atoms with Crippen LogP contribution >= 0.6 is 0 Å². The molecule has 0 saturated heterocycles. The summed E-state index contributed by atoms with van der Waals surface area (Å²) in [5, 5.41) is 0. The Hall–Kier alpha value is -2.82. The number of carbonyl (C=O) groups excluding carboxylic acids is 2. The molecule has 2 amide bonds. The van der Waals surface area contributed by atoms with Crippen molar-refractivity contribution in [3.05, 3.63) is 59.2 Å². The molecule has 0 saturated carbocycles. The third-order valence-corrected chi connectivity index (χ3v) is 5.56. The van der Waals surface area contributed by atoms with Gasteiger partial charge in [0.2, 0.25) is 0 Å². The van der Waals surface area contributed by atoms with E-state index >= 15 is 0 Å². The van der Waals surface area contributed by atoms with E-state index in [2.05, 4.69) is 40.7 Å². The molecule has 0 atom stereocenters. The van der Waals surface area contributed by atoms with Crippen LogP contribution in [0.4, 0.5) is 5.69 Å². The maximum Gasteiger partial charge on any atom is 0.265 e. The number of ether oxygens (including phenoxy) is 1. The Morgan fingerprint density at radius 1 is 1.06 bits per heavy atom. The lowest BCUT2D eigenvalue weighted by atomic mass is 9.86. The topological polar surface area (TPSA) is 49.9 Å². The number of hydrogen-bond acceptors (Lipinski definition) is 3. The van der Waals surface area contributed by atoms with Crippen LogP contribution in [0.5, 0.6) is 5.75 Å². The van der Waals surface area contributed by atoms with Gasteiger partial charge >= 0.3 is 0 Å². The Morgan fingerprint density at radius 2 is 1.77 bits per heavy atom. The molecule has 0 aliphatic carbocycles. The van der Waals surface area contributed by atoms with E-state index in [4.69, 9.17) is 4.74 Å². The molecule has 3 rings (SSSR count). The summed E-state index contributed by atoms with van der Waals surface area (Å²) < 4.78 is 5.67. The molecule has 0 spiro atoms. The van der Waals surface area contributed by atoms with Gasteiger partial charge in [-0.05, 0) is 53.6 Å². The molecule has 166 valence electrons. The first kappa shape index (κ1) is 22.9. The van der Waals surface area contributed by atoms with Gasteiger partial charge in [-0.3, -0.25) is 9.59 Å². The van der Waals surface area contributed by atoms with Crippen molar-refractivity contribution in [1.82, 2.24) is 4.90 Å². The maximum absolute atomic E-state index is 13.0. The van der Waals surface area contributed by atoms with Crippen LogP contribution in [-0.2, 0) is 16.8 Å². The zero-order chi connectivity index (χ0) is 22.6. The molecule has 5 nitrogen and oxygen atoms in total. The molecule has 2 aromatic rings. The summed E-state index contributed by atoms with van der Waals surface area (Å²) in [6, 6.07) is 13.7. The quantitative estimate of drug-likeness (QED) is 0.618. The van der Waals surface area contributed by atoms with Crippen LogP contribution in [-0.4, -0.2) is 36.4 Å². The SMILES string of the molecule is CCCN(CCC)C(=O)c1cccc(CN2C(=O)COc3ccc(C(C)(C)C)cc32)c1. The zero-order valence-corrected chi connectivity index (χ0v) is 19.4. The predicted molar refractivity (Wildman–Crippen MR) is 125 cm³/mol. The number of nitrogens with zero attached hydrogens (tertiary/aromatic N) is 2. The van der Waals surface area contributed by atoms with Gasteiger partial charge in [-0.1, -0.05) is 52.8 Å². The van der Waals surface area contributed by atoms with Crippen molar-refractivity contribution >= 4 is 17.5 Å². The predicted octanol–water partition coefficient (Wildman–Crippen LogP) is 5.17. The van der Waals surface area contributed by atoms with Gasteiger partial charge in [0.15, 0.2) is 6.61 Å². The van der Waals surface area contributed by atoms with Crippen molar-refractivity contribution in [1.29, 1.82) is 0 Å². The average molecular weight is 423 g/mol. The number of anilines is 1. The third-order valence-electron chi connectivity index (χ3n) is 5.56. The molecule has 5 heteroatoms. The molecule has 2 aromatic carbocycles. The number of fused-ring (bicyclic) bond motifs is 1. The number of carbonyl (C=O) groups is 2. The van der Waals surface area contributed by atoms with Crippen LogP contribution in [0.15, 0.2) is 42.5 Å². The van der Waals surface area contributed by atoms with E-state index in [1.165, 1.54) is 0 Å². The summed E-state index contributed by atoms with van der Waals surface area (Å²) in [7, 11) is 0. The summed E-state index contributed by atoms with van der Waals surface area (Å²) in [5.74, 6) is 0.694. The van der Waals surface area contributed by atoms with Crippen LogP contribution < -0.4 is 9.64 Å². The molecule has 1 aliphatic heterocycles. The Labute approximate surface area is 186 Å². The highest BCUT2D eigenvalue weighted by atomic mass is 16.5. The fraction of sp³-hybridized carbons (Fsp3) is 0.462. The van der Waals surface area contributed by atoms with E-state index in [9.17, 15) is 9.59 Å². The van der Waals surface area contributed by atoms with Crippen molar-refractivity contribution in [2.45, 2.75) is 59.4 Å². The Balaban J connectivity index is 1.89. The monoisotopic (exact) mass is 422 g/mol. The van der Waals surface area contributed by atoms with E-state index < -0.39 is 0 Å². The van der Waals surface area contributed by atoms with E-state index in [1.807, 2.05) is 41.3 Å². The molecule has 1 aliphatic rings. The number of amides is 2. The summed E-state index contributed by atoms with van der Waals surface area (Å²) in [6.45, 7) is 12.6. The molecule has 0 aromatic heterocycles. The van der Waals surface area contributed by atoms with Crippen molar-refractivity contribution in [2.24, 2.45) is 0 Å². The van der Waals surface area contributed by atoms with Crippen molar-refractivity contribution in [2.75, 3.05) is 24.6 Å². The highest BCUT2D eigenvalue weighted by molar-refractivity contribution is 5.98. The first-order chi connectivity index (χ1) is 14.7. The van der Waals surface area contributed by atoms with Crippen molar-refractivity contribution in [3.63, 3.8) is 0 Å². The first-order valence-corrected chi connectivity index (χ1v) is 11.2. The number of benzene rings is 2. The number of hydrogen-bond donors (Lipinski definition) is 0. The number of rotatable bonds is 7. The van der Waals surface area contributed by atoms with E-state index in [-0.39, 0.29) is 23.8 Å².